The van der Waals surface area contributed by atoms with E-state index in [1.165, 1.54) is 12.8 Å². The van der Waals surface area contributed by atoms with Crippen LogP contribution in [-0.4, -0.2) is 24.2 Å². The Balaban J connectivity index is 2.15. The highest BCUT2D eigenvalue weighted by molar-refractivity contribution is 5.51. The first kappa shape index (κ1) is 13.1. The first-order valence-corrected chi connectivity index (χ1v) is 6.66. The Morgan fingerprint density at radius 2 is 2.22 bits per heavy atom. The van der Waals surface area contributed by atoms with E-state index < -0.39 is 0 Å². The van der Waals surface area contributed by atoms with E-state index in [1.807, 2.05) is 12.1 Å². The van der Waals surface area contributed by atoms with Gasteiger partial charge in [0.15, 0.2) is 11.6 Å². The highest BCUT2D eigenvalue weighted by Crippen LogP contribution is 2.35. The molecule has 1 aliphatic carbocycles. The summed E-state index contributed by atoms with van der Waals surface area (Å²) in [6, 6.07) is 3.80. The number of anilines is 1. The van der Waals surface area contributed by atoms with Crippen LogP contribution in [0.2, 0.25) is 0 Å². The van der Waals surface area contributed by atoms with Gasteiger partial charge in [-0.1, -0.05) is 6.92 Å². The summed E-state index contributed by atoms with van der Waals surface area (Å²) in [6.07, 6.45) is 6.42. The molecule has 0 aromatic carbocycles. The Kier molecular flexibility index (Phi) is 4.07. The molecule has 0 spiro atoms. The van der Waals surface area contributed by atoms with Gasteiger partial charge in [-0.25, -0.2) is 4.98 Å². The Morgan fingerprint density at radius 3 is 2.83 bits per heavy atom. The van der Waals surface area contributed by atoms with Crippen molar-refractivity contribution in [1.29, 1.82) is 0 Å². The van der Waals surface area contributed by atoms with Gasteiger partial charge in [-0.15, -0.1) is 0 Å². The lowest BCUT2D eigenvalue weighted by atomic mass is 9.77. The molecule has 0 saturated heterocycles. The van der Waals surface area contributed by atoms with Crippen molar-refractivity contribution in [3.63, 3.8) is 0 Å². The topological polar surface area (TPSA) is 60.2 Å². The third kappa shape index (κ3) is 2.75. The van der Waals surface area contributed by atoms with Gasteiger partial charge in [0.05, 0.1) is 12.6 Å². The number of ether oxygens (including phenoxy) is 1. The predicted molar refractivity (Wildman–Crippen MR) is 73.8 cm³/mol. The maximum absolute atomic E-state index is 5.99. The fourth-order valence-corrected chi connectivity index (χ4v) is 2.60. The van der Waals surface area contributed by atoms with Crippen LogP contribution in [0.5, 0.6) is 5.75 Å². The summed E-state index contributed by atoms with van der Waals surface area (Å²) in [5, 5.41) is 3.52. The Labute approximate surface area is 109 Å². The molecule has 1 heterocycles. The standard InChI is InChI=1S/C14H23N3O/c1-11-5-7-14(10-15,8-6-11)17-13-12(18-2)4-3-9-16-13/h3-4,9,11H,5-8,10,15H2,1-2H3,(H,16,17). The molecule has 1 aliphatic rings. The van der Waals surface area contributed by atoms with Crippen molar-refractivity contribution in [3.05, 3.63) is 18.3 Å². The zero-order chi connectivity index (χ0) is 13.0. The number of pyridine rings is 1. The number of methoxy groups -OCH3 is 1. The molecule has 1 saturated carbocycles. The molecule has 3 N–H and O–H groups in total. The van der Waals surface area contributed by atoms with E-state index in [0.717, 1.165) is 30.3 Å². The molecule has 1 fully saturated rings. The summed E-state index contributed by atoms with van der Waals surface area (Å²) in [6.45, 7) is 2.95. The number of nitrogens with zero attached hydrogens (tertiary/aromatic N) is 1. The van der Waals surface area contributed by atoms with E-state index in [0.29, 0.717) is 6.54 Å². The lowest BCUT2D eigenvalue weighted by Gasteiger charge is -2.39. The van der Waals surface area contributed by atoms with Crippen molar-refractivity contribution in [2.75, 3.05) is 19.0 Å². The SMILES string of the molecule is COc1cccnc1NC1(CN)CCC(C)CC1. The molecule has 0 unspecified atom stereocenters. The first-order valence-electron chi connectivity index (χ1n) is 6.66. The smallest absolute Gasteiger partial charge is 0.169 e. The normalized spacial score (nSPS) is 27.8. The van der Waals surface area contributed by atoms with E-state index in [1.54, 1.807) is 13.3 Å². The predicted octanol–water partition coefficient (Wildman–Crippen LogP) is 2.41. The van der Waals surface area contributed by atoms with Crippen LogP contribution < -0.4 is 15.8 Å². The summed E-state index contributed by atoms with van der Waals surface area (Å²) in [7, 11) is 1.67. The lowest BCUT2D eigenvalue weighted by Crippen LogP contribution is -2.48. The largest absolute Gasteiger partial charge is 0.493 e. The fraction of sp³-hybridized carbons (Fsp3) is 0.643. The zero-order valence-electron chi connectivity index (χ0n) is 11.3. The molecule has 0 amide bonds. The first-order chi connectivity index (χ1) is 8.69. The number of rotatable bonds is 4. The third-order valence-electron chi connectivity index (χ3n) is 4.00. The van der Waals surface area contributed by atoms with Crippen molar-refractivity contribution in [2.24, 2.45) is 11.7 Å². The zero-order valence-corrected chi connectivity index (χ0v) is 11.3. The average molecular weight is 249 g/mol. The molecule has 1 aromatic rings. The van der Waals surface area contributed by atoms with E-state index in [-0.39, 0.29) is 5.54 Å². The summed E-state index contributed by atoms with van der Waals surface area (Å²) >= 11 is 0. The maximum atomic E-state index is 5.99. The molecule has 100 valence electrons. The number of hydrogen-bond donors (Lipinski definition) is 2. The second-order valence-corrected chi connectivity index (χ2v) is 5.35. The van der Waals surface area contributed by atoms with Crippen molar-refractivity contribution < 1.29 is 4.74 Å². The molecule has 0 radical (unpaired) electrons. The molecule has 0 atom stereocenters. The minimum Gasteiger partial charge on any atom is -0.493 e. The lowest BCUT2D eigenvalue weighted by molar-refractivity contribution is 0.270. The van der Waals surface area contributed by atoms with Crippen molar-refractivity contribution in [2.45, 2.75) is 38.1 Å². The quantitative estimate of drug-likeness (QED) is 0.860. The van der Waals surface area contributed by atoms with E-state index in [9.17, 15) is 0 Å². The summed E-state index contributed by atoms with van der Waals surface area (Å²) in [4.78, 5) is 4.36. The van der Waals surface area contributed by atoms with Gasteiger partial charge in [-0.2, -0.15) is 0 Å². The second-order valence-electron chi connectivity index (χ2n) is 5.35. The van der Waals surface area contributed by atoms with Gasteiger partial charge in [-0.3, -0.25) is 0 Å². The molecule has 0 aliphatic heterocycles. The molecule has 4 heteroatoms. The molecular weight excluding hydrogens is 226 g/mol. The van der Waals surface area contributed by atoms with E-state index in [4.69, 9.17) is 10.5 Å². The molecule has 0 bridgehead atoms. The van der Waals surface area contributed by atoms with Gasteiger partial charge in [0.1, 0.15) is 0 Å². The maximum Gasteiger partial charge on any atom is 0.169 e. The third-order valence-corrected chi connectivity index (χ3v) is 4.00. The molecule has 1 aromatic heterocycles. The van der Waals surface area contributed by atoms with Gasteiger partial charge in [0.25, 0.3) is 0 Å². The second kappa shape index (κ2) is 5.57. The number of hydrogen-bond acceptors (Lipinski definition) is 4. The highest BCUT2D eigenvalue weighted by Gasteiger charge is 2.33. The Bertz CT molecular complexity index is 386. The van der Waals surface area contributed by atoms with Gasteiger partial charge in [0, 0.05) is 12.7 Å². The van der Waals surface area contributed by atoms with Crippen molar-refractivity contribution >= 4 is 5.82 Å². The van der Waals surface area contributed by atoms with Crippen LogP contribution in [0.15, 0.2) is 18.3 Å². The monoisotopic (exact) mass is 249 g/mol. The number of aromatic nitrogens is 1. The number of nitrogens with one attached hydrogen (secondary N) is 1. The van der Waals surface area contributed by atoms with Gasteiger partial charge in [-0.05, 0) is 43.7 Å². The van der Waals surface area contributed by atoms with Crippen LogP contribution in [0, 0.1) is 5.92 Å². The average Bonchev–Trinajstić information content (AvgIpc) is 2.42. The molecule has 4 nitrogen and oxygen atoms in total. The van der Waals surface area contributed by atoms with Crippen LogP contribution in [-0.2, 0) is 0 Å². The highest BCUT2D eigenvalue weighted by atomic mass is 16.5. The van der Waals surface area contributed by atoms with Crippen LogP contribution in [0.3, 0.4) is 0 Å². The van der Waals surface area contributed by atoms with Crippen LogP contribution in [0.1, 0.15) is 32.6 Å². The minimum atomic E-state index is -0.0197. The van der Waals surface area contributed by atoms with Crippen molar-refractivity contribution in [3.8, 4) is 5.75 Å². The summed E-state index contributed by atoms with van der Waals surface area (Å²) in [5.41, 5.74) is 5.97. The van der Waals surface area contributed by atoms with Gasteiger partial charge < -0.3 is 15.8 Å². The Morgan fingerprint density at radius 1 is 1.50 bits per heavy atom. The van der Waals surface area contributed by atoms with Crippen molar-refractivity contribution in [1.82, 2.24) is 4.98 Å². The molecular formula is C14H23N3O. The fourth-order valence-electron chi connectivity index (χ4n) is 2.60. The Hall–Kier alpha value is -1.29. The molecule has 2 rings (SSSR count). The van der Waals surface area contributed by atoms with Gasteiger partial charge >= 0.3 is 0 Å². The summed E-state index contributed by atoms with van der Waals surface area (Å²) < 4.78 is 5.33. The van der Waals surface area contributed by atoms with Crippen LogP contribution in [0.25, 0.3) is 0 Å². The van der Waals surface area contributed by atoms with E-state index in [2.05, 4.69) is 17.2 Å². The minimum absolute atomic E-state index is 0.0197. The van der Waals surface area contributed by atoms with E-state index >= 15 is 0 Å². The van der Waals surface area contributed by atoms with Crippen LogP contribution in [0.4, 0.5) is 5.82 Å². The summed E-state index contributed by atoms with van der Waals surface area (Å²) in [5.74, 6) is 2.39. The van der Waals surface area contributed by atoms with Gasteiger partial charge in [0.2, 0.25) is 0 Å². The molecule has 18 heavy (non-hydrogen) atoms. The van der Waals surface area contributed by atoms with Crippen LogP contribution >= 0.6 is 0 Å². The number of nitrogens with two attached hydrogens (primary N) is 1.